The van der Waals surface area contributed by atoms with Crippen LogP contribution in [0.2, 0.25) is 0 Å². The molecule has 0 unspecified atom stereocenters. The lowest BCUT2D eigenvalue weighted by Crippen LogP contribution is -1.85. The first kappa shape index (κ1) is 10.7. The molecule has 2 aromatic rings. The Balaban J connectivity index is 2.27. The molecule has 0 aliphatic rings. The third kappa shape index (κ3) is 2.38. The molecule has 0 atom stereocenters. The zero-order valence-electron chi connectivity index (χ0n) is 8.22. The Hall–Kier alpha value is -1.86. The van der Waals surface area contributed by atoms with Crippen LogP contribution in [0.3, 0.4) is 0 Å². The van der Waals surface area contributed by atoms with E-state index in [0.717, 1.165) is 9.79 Å². The van der Waals surface area contributed by atoms with Gasteiger partial charge in [-0.3, -0.25) is 0 Å². The molecule has 1 aromatic carbocycles. The minimum absolute atomic E-state index is 0.268. The predicted molar refractivity (Wildman–Crippen MR) is 59.5 cm³/mol. The van der Waals surface area contributed by atoms with E-state index < -0.39 is 0 Å². The fourth-order valence-corrected chi connectivity index (χ4v) is 2.05. The smallest absolute Gasteiger partial charge is 0.154 e. The topological polar surface area (TPSA) is 36.7 Å². The van der Waals surface area contributed by atoms with Crippen molar-refractivity contribution < 1.29 is 4.39 Å². The van der Waals surface area contributed by atoms with Gasteiger partial charge in [-0.15, -0.1) is 0 Å². The Morgan fingerprint density at radius 3 is 2.62 bits per heavy atom. The second kappa shape index (κ2) is 4.77. The van der Waals surface area contributed by atoms with Gasteiger partial charge >= 0.3 is 0 Å². The number of aromatic nitrogens is 1. The summed E-state index contributed by atoms with van der Waals surface area (Å²) in [6.07, 6.45) is 1.58. The summed E-state index contributed by atoms with van der Waals surface area (Å²) in [5.41, 5.74) is 0.386. The lowest BCUT2D eigenvalue weighted by molar-refractivity contribution is 0.626. The van der Waals surface area contributed by atoms with Gasteiger partial charge in [0.25, 0.3) is 0 Å². The molecule has 2 nitrogen and oxygen atoms in total. The predicted octanol–water partition coefficient (Wildman–Crippen LogP) is 3.24. The quantitative estimate of drug-likeness (QED) is 0.794. The van der Waals surface area contributed by atoms with E-state index in [1.54, 1.807) is 24.4 Å². The molecule has 2 rings (SSSR count). The van der Waals surface area contributed by atoms with E-state index in [-0.39, 0.29) is 5.82 Å². The van der Waals surface area contributed by atoms with Crippen LogP contribution in [0.15, 0.2) is 52.4 Å². The first-order chi connectivity index (χ1) is 7.79. The molecule has 0 radical (unpaired) electrons. The maximum absolute atomic E-state index is 12.7. The molecule has 0 bridgehead atoms. The number of halogens is 1. The van der Waals surface area contributed by atoms with Crippen LogP contribution >= 0.6 is 11.8 Å². The number of hydrogen-bond acceptors (Lipinski definition) is 3. The molecule has 1 aromatic heterocycles. The van der Waals surface area contributed by atoms with Gasteiger partial charge in [0.15, 0.2) is 5.69 Å². The largest absolute Gasteiger partial charge is 0.244 e. The second-order valence-electron chi connectivity index (χ2n) is 3.02. The Morgan fingerprint density at radius 1 is 1.19 bits per heavy atom. The highest BCUT2D eigenvalue weighted by molar-refractivity contribution is 7.99. The highest BCUT2D eigenvalue weighted by atomic mass is 32.2. The SMILES string of the molecule is N#Cc1ncccc1Sc1ccc(F)cc1. The van der Waals surface area contributed by atoms with Crippen molar-refractivity contribution in [2.45, 2.75) is 9.79 Å². The van der Waals surface area contributed by atoms with Crippen LogP contribution in [0, 0.1) is 17.1 Å². The van der Waals surface area contributed by atoms with Crippen molar-refractivity contribution >= 4 is 11.8 Å². The molecular formula is C12H7FN2S. The van der Waals surface area contributed by atoms with Gasteiger partial charge in [-0.05, 0) is 36.4 Å². The van der Waals surface area contributed by atoms with E-state index in [1.165, 1.54) is 23.9 Å². The van der Waals surface area contributed by atoms with Crippen molar-refractivity contribution in [3.05, 3.63) is 54.1 Å². The van der Waals surface area contributed by atoms with Crippen molar-refractivity contribution in [1.29, 1.82) is 5.26 Å². The van der Waals surface area contributed by atoms with Crippen LogP contribution in [-0.4, -0.2) is 4.98 Å². The van der Waals surface area contributed by atoms with E-state index in [2.05, 4.69) is 4.98 Å². The van der Waals surface area contributed by atoms with Gasteiger partial charge < -0.3 is 0 Å². The first-order valence-corrected chi connectivity index (χ1v) is 5.40. The Bertz CT molecular complexity index is 531. The summed E-state index contributed by atoms with van der Waals surface area (Å²) in [6.45, 7) is 0. The molecule has 0 aliphatic heterocycles. The van der Waals surface area contributed by atoms with Gasteiger partial charge in [0.1, 0.15) is 11.9 Å². The van der Waals surface area contributed by atoms with E-state index in [0.29, 0.717) is 5.69 Å². The highest BCUT2D eigenvalue weighted by Gasteiger charge is 2.04. The summed E-state index contributed by atoms with van der Waals surface area (Å²) in [5, 5.41) is 8.85. The molecule has 16 heavy (non-hydrogen) atoms. The summed E-state index contributed by atoms with van der Waals surface area (Å²) in [4.78, 5) is 5.61. The first-order valence-electron chi connectivity index (χ1n) is 4.58. The summed E-state index contributed by atoms with van der Waals surface area (Å²) >= 11 is 1.40. The van der Waals surface area contributed by atoms with E-state index in [9.17, 15) is 4.39 Å². The monoisotopic (exact) mass is 230 g/mol. The fourth-order valence-electron chi connectivity index (χ4n) is 1.19. The number of rotatable bonds is 2. The Kier molecular flexibility index (Phi) is 3.18. The number of hydrogen-bond donors (Lipinski definition) is 0. The molecule has 1 heterocycles. The molecule has 0 fully saturated rings. The molecule has 0 spiro atoms. The van der Waals surface area contributed by atoms with Gasteiger partial charge in [0.2, 0.25) is 0 Å². The lowest BCUT2D eigenvalue weighted by atomic mass is 10.3. The lowest BCUT2D eigenvalue weighted by Gasteiger charge is -2.02. The number of benzene rings is 1. The van der Waals surface area contributed by atoms with Crippen LogP contribution in [0.1, 0.15) is 5.69 Å². The molecule has 0 aliphatic carbocycles. The Labute approximate surface area is 96.8 Å². The van der Waals surface area contributed by atoms with Crippen molar-refractivity contribution in [1.82, 2.24) is 4.98 Å². The van der Waals surface area contributed by atoms with Crippen molar-refractivity contribution in [3.8, 4) is 6.07 Å². The summed E-state index contributed by atoms with van der Waals surface area (Å²) in [7, 11) is 0. The molecule has 4 heteroatoms. The van der Waals surface area contributed by atoms with Gasteiger partial charge in [0.05, 0.1) is 0 Å². The molecule has 0 N–H and O–H groups in total. The fraction of sp³-hybridized carbons (Fsp3) is 0. The zero-order valence-corrected chi connectivity index (χ0v) is 9.04. The van der Waals surface area contributed by atoms with Crippen LogP contribution in [0.25, 0.3) is 0 Å². The maximum atomic E-state index is 12.7. The van der Waals surface area contributed by atoms with Gasteiger partial charge in [-0.2, -0.15) is 5.26 Å². The van der Waals surface area contributed by atoms with Crippen LogP contribution in [0.4, 0.5) is 4.39 Å². The van der Waals surface area contributed by atoms with E-state index in [4.69, 9.17) is 5.26 Å². The summed E-state index contributed by atoms with van der Waals surface area (Å²) in [5.74, 6) is -0.268. The van der Waals surface area contributed by atoms with Gasteiger partial charge in [-0.25, -0.2) is 9.37 Å². The standard InChI is InChI=1S/C12H7FN2S/c13-9-3-5-10(6-4-9)16-12-2-1-7-15-11(12)8-14/h1-7H. The molecular weight excluding hydrogens is 223 g/mol. The van der Waals surface area contributed by atoms with Gasteiger partial charge in [-0.1, -0.05) is 11.8 Å². The number of pyridine rings is 1. The minimum atomic E-state index is -0.268. The van der Waals surface area contributed by atoms with Crippen molar-refractivity contribution in [3.63, 3.8) is 0 Å². The average molecular weight is 230 g/mol. The molecule has 78 valence electrons. The molecule has 0 saturated carbocycles. The zero-order chi connectivity index (χ0) is 11.4. The van der Waals surface area contributed by atoms with Crippen molar-refractivity contribution in [2.24, 2.45) is 0 Å². The summed E-state index contributed by atoms with van der Waals surface area (Å²) in [6, 6.07) is 11.7. The van der Waals surface area contributed by atoms with E-state index in [1.807, 2.05) is 12.1 Å². The van der Waals surface area contributed by atoms with Crippen LogP contribution in [0.5, 0.6) is 0 Å². The van der Waals surface area contributed by atoms with Crippen molar-refractivity contribution in [2.75, 3.05) is 0 Å². The van der Waals surface area contributed by atoms with Crippen LogP contribution < -0.4 is 0 Å². The Morgan fingerprint density at radius 2 is 1.94 bits per heavy atom. The number of nitrogens with zero attached hydrogens (tertiary/aromatic N) is 2. The molecule has 0 amide bonds. The number of nitriles is 1. The third-order valence-corrected chi connectivity index (χ3v) is 2.98. The summed E-state index contributed by atoms with van der Waals surface area (Å²) < 4.78 is 12.7. The van der Waals surface area contributed by atoms with Gasteiger partial charge in [0, 0.05) is 16.0 Å². The average Bonchev–Trinajstić information content (AvgIpc) is 2.33. The highest BCUT2D eigenvalue weighted by Crippen LogP contribution is 2.29. The third-order valence-electron chi connectivity index (χ3n) is 1.92. The maximum Gasteiger partial charge on any atom is 0.154 e. The molecule has 0 saturated heterocycles. The van der Waals surface area contributed by atoms with Crippen LogP contribution in [-0.2, 0) is 0 Å². The minimum Gasteiger partial charge on any atom is -0.244 e. The van der Waals surface area contributed by atoms with E-state index >= 15 is 0 Å². The normalized spacial score (nSPS) is 9.75. The second-order valence-corrected chi connectivity index (χ2v) is 4.13.